The van der Waals surface area contributed by atoms with E-state index >= 15 is 0 Å². The Morgan fingerprint density at radius 3 is 2.54 bits per heavy atom. The van der Waals surface area contributed by atoms with Gasteiger partial charge in [-0.1, -0.05) is 37.3 Å². The lowest BCUT2D eigenvalue weighted by atomic mass is 10.1. The van der Waals surface area contributed by atoms with Crippen molar-refractivity contribution in [3.05, 3.63) is 41.3 Å². The van der Waals surface area contributed by atoms with Gasteiger partial charge in [-0.05, 0) is 18.1 Å². The van der Waals surface area contributed by atoms with Crippen LogP contribution in [0.25, 0.3) is 5.57 Å². The first kappa shape index (κ1) is 10.2. The van der Waals surface area contributed by atoms with Crippen LogP contribution >= 0.6 is 0 Å². The van der Waals surface area contributed by atoms with Crippen LogP contribution in [0, 0.1) is 0 Å². The molecule has 0 aliphatic rings. The molecule has 0 bridgehead atoms. The van der Waals surface area contributed by atoms with Gasteiger partial charge in [0.2, 0.25) is 0 Å². The SMILES string of the molecule is CCS(=O)/C=C(\C)c1ccccc1. The fourth-order valence-corrected chi connectivity index (χ4v) is 1.75. The van der Waals surface area contributed by atoms with E-state index in [2.05, 4.69) is 0 Å². The molecule has 1 rings (SSSR count). The molecule has 0 fully saturated rings. The monoisotopic (exact) mass is 194 g/mol. The average Bonchev–Trinajstić information content (AvgIpc) is 2.19. The van der Waals surface area contributed by atoms with Crippen molar-refractivity contribution in [1.29, 1.82) is 0 Å². The zero-order chi connectivity index (χ0) is 9.68. The van der Waals surface area contributed by atoms with Gasteiger partial charge in [0.05, 0.1) is 0 Å². The summed E-state index contributed by atoms with van der Waals surface area (Å²) in [6.07, 6.45) is 0. The Morgan fingerprint density at radius 2 is 2.00 bits per heavy atom. The van der Waals surface area contributed by atoms with E-state index in [1.807, 2.05) is 49.6 Å². The molecule has 1 atom stereocenters. The first-order chi connectivity index (χ1) is 6.24. The van der Waals surface area contributed by atoms with Crippen LogP contribution in [0.4, 0.5) is 0 Å². The van der Waals surface area contributed by atoms with E-state index in [9.17, 15) is 4.21 Å². The van der Waals surface area contributed by atoms with E-state index in [0.717, 1.165) is 11.1 Å². The summed E-state index contributed by atoms with van der Waals surface area (Å²) < 4.78 is 11.2. The van der Waals surface area contributed by atoms with Gasteiger partial charge in [-0.25, -0.2) is 0 Å². The Morgan fingerprint density at radius 1 is 1.38 bits per heavy atom. The Labute approximate surface area is 81.9 Å². The second-order valence-electron chi connectivity index (χ2n) is 2.84. The normalized spacial score (nSPS) is 14.2. The molecular formula is C11H14OS. The van der Waals surface area contributed by atoms with Gasteiger partial charge in [-0.15, -0.1) is 0 Å². The highest BCUT2D eigenvalue weighted by molar-refractivity contribution is 7.88. The van der Waals surface area contributed by atoms with Crippen LogP contribution in [0.15, 0.2) is 35.7 Å². The average molecular weight is 194 g/mol. The highest BCUT2D eigenvalue weighted by Gasteiger charge is 1.95. The van der Waals surface area contributed by atoms with Crippen LogP contribution in [0.1, 0.15) is 19.4 Å². The predicted molar refractivity (Wildman–Crippen MR) is 58.8 cm³/mol. The zero-order valence-corrected chi connectivity index (χ0v) is 8.80. The molecule has 0 heterocycles. The molecule has 1 unspecified atom stereocenters. The van der Waals surface area contributed by atoms with Gasteiger partial charge in [-0.3, -0.25) is 4.21 Å². The third-order valence-electron chi connectivity index (χ3n) is 1.82. The van der Waals surface area contributed by atoms with Crippen molar-refractivity contribution in [1.82, 2.24) is 0 Å². The molecule has 0 saturated carbocycles. The fraction of sp³-hybridized carbons (Fsp3) is 0.273. The fourth-order valence-electron chi connectivity index (χ4n) is 1.05. The smallest absolute Gasteiger partial charge is 0.0456 e. The maximum Gasteiger partial charge on any atom is 0.0456 e. The largest absolute Gasteiger partial charge is 0.255 e. The van der Waals surface area contributed by atoms with Crippen molar-refractivity contribution in [2.75, 3.05) is 5.75 Å². The molecule has 70 valence electrons. The summed E-state index contributed by atoms with van der Waals surface area (Å²) in [7, 11) is -0.820. The number of hydrogen-bond donors (Lipinski definition) is 0. The lowest BCUT2D eigenvalue weighted by Gasteiger charge is -1.99. The molecular weight excluding hydrogens is 180 g/mol. The van der Waals surface area contributed by atoms with Crippen LogP contribution in [-0.2, 0) is 10.8 Å². The van der Waals surface area contributed by atoms with E-state index in [1.54, 1.807) is 0 Å². The van der Waals surface area contributed by atoms with Gasteiger partial charge < -0.3 is 0 Å². The number of benzene rings is 1. The van der Waals surface area contributed by atoms with Crippen molar-refractivity contribution in [2.24, 2.45) is 0 Å². The topological polar surface area (TPSA) is 17.1 Å². The van der Waals surface area contributed by atoms with Crippen molar-refractivity contribution in [3.8, 4) is 0 Å². The molecule has 0 radical (unpaired) electrons. The van der Waals surface area contributed by atoms with Crippen molar-refractivity contribution >= 4 is 16.4 Å². The van der Waals surface area contributed by atoms with Crippen LogP contribution < -0.4 is 0 Å². The molecule has 0 spiro atoms. The second kappa shape index (κ2) is 4.97. The molecule has 2 heteroatoms. The lowest BCUT2D eigenvalue weighted by Crippen LogP contribution is -1.88. The maximum absolute atomic E-state index is 11.2. The molecule has 1 nitrogen and oxygen atoms in total. The van der Waals surface area contributed by atoms with Gasteiger partial charge in [0, 0.05) is 22.0 Å². The molecule has 0 aromatic heterocycles. The second-order valence-corrected chi connectivity index (χ2v) is 4.41. The first-order valence-corrected chi connectivity index (χ1v) is 5.73. The van der Waals surface area contributed by atoms with Crippen molar-refractivity contribution in [3.63, 3.8) is 0 Å². The minimum absolute atomic E-state index is 0.685. The maximum atomic E-state index is 11.2. The van der Waals surface area contributed by atoms with E-state index in [0.29, 0.717) is 5.75 Å². The summed E-state index contributed by atoms with van der Waals surface area (Å²) in [6, 6.07) is 10.0. The molecule has 1 aromatic rings. The number of rotatable bonds is 3. The third kappa shape index (κ3) is 3.15. The summed E-state index contributed by atoms with van der Waals surface area (Å²) in [5.74, 6) is 0.685. The zero-order valence-electron chi connectivity index (χ0n) is 7.99. The van der Waals surface area contributed by atoms with Crippen LogP contribution in [0.2, 0.25) is 0 Å². The standard InChI is InChI=1S/C11H14OS/c1-3-13(12)9-10(2)11-7-5-4-6-8-11/h4-9H,3H2,1-2H3/b10-9+. The minimum Gasteiger partial charge on any atom is -0.255 e. The van der Waals surface area contributed by atoms with Crippen molar-refractivity contribution in [2.45, 2.75) is 13.8 Å². The van der Waals surface area contributed by atoms with Crippen molar-refractivity contribution < 1.29 is 4.21 Å². The quantitative estimate of drug-likeness (QED) is 0.723. The van der Waals surface area contributed by atoms with Gasteiger partial charge >= 0.3 is 0 Å². The Hall–Kier alpha value is -0.890. The Balaban J connectivity index is 2.85. The molecule has 0 aliphatic heterocycles. The minimum atomic E-state index is -0.820. The molecule has 0 N–H and O–H groups in total. The van der Waals surface area contributed by atoms with Gasteiger partial charge in [0.15, 0.2) is 0 Å². The molecule has 0 saturated heterocycles. The Kier molecular flexibility index (Phi) is 3.90. The summed E-state index contributed by atoms with van der Waals surface area (Å²) >= 11 is 0. The van der Waals surface area contributed by atoms with Crippen LogP contribution in [-0.4, -0.2) is 9.96 Å². The van der Waals surface area contributed by atoms with Gasteiger partial charge in [-0.2, -0.15) is 0 Å². The molecule has 0 aliphatic carbocycles. The molecule has 0 amide bonds. The van der Waals surface area contributed by atoms with Crippen LogP contribution in [0.5, 0.6) is 0 Å². The van der Waals surface area contributed by atoms with Gasteiger partial charge in [0.25, 0.3) is 0 Å². The highest BCUT2D eigenvalue weighted by Crippen LogP contribution is 2.13. The summed E-state index contributed by atoms with van der Waals surface area (Å²) in [5.41, 5.74) is 2.23. The summed E-state index contributed by atoms with van der Waals surface area (Å²) in [5, 5.41) is 1.81. The number of hydrogen-bond acceptors (Lipinski definition) is 1. The van der Waals surface area contributed by atoms with E-state index in [4.69, 9.17) is 0 Å². The Bertz CT molecular complexity index is 314. The summed E-state index contributed by atoms with van der Waals surface area (Å²) in [6.45, 7) is 3.91. The molecule has 13 heavy (non-hydrogen) atoms. The number of allylic oxidation sites excluding steroid dienone is 1. The highest BCUT2D eigenvalue weighted by atomic mass is 32.2. The van der Waals surface area contributed by atoms with Crippen LogP contribution in [0.3, 0.4) is 0 Å². The van der Waals surface area contributed by atoms with Gasteiger partial charge in [0.1, 0.15) is 0 Å². The van der Waals surface area contributed by atoms with E-state index in [1.165, 1.54) is 0 Å². The van der Waals surface area contributed by atoms with E-state index in [-0.39, 0.29) is 0 Å². The lowest BCUT2D eigenvalue weighted by molar-refractivity contribution is 0.689. The third-order valence-corrected chi connectivity index (χ3v) is 3.01. The predicted octanol–water partition coefficient (Wildman–Crippen LogP) is 2.82. The van der Waals surface area contributed by atoms with E-state index < -0.39 is 10.8 Å². The molecule has 1 aromatic carbocycles. The summed E-state index contributed by atoms with van der Waals surface area (Å²) in [4.78, 5) is 0. The first-order valence-electron chi connectivity index (χ1n) is 4.35.